The number of hydrogen-bond donors (Lipinski definition) is 1. The van der Waals surface area contributed by atoms with Crippen molar-refractivity contribution in [2.45, 2.75) is 77.9 Å². The van der Waals surface area contributed by atoms with Crippen LogP contribution in [0.4, 0.5) is 5.13 Å². The summed E-state index contributed by atoms with van der Waals surface area (Å²) >= 11 is 1.39. The zero-order valence-electron chi connectivity index (χ0n) is 19.1. The van der Waals surface area contributed by atoms with Crippen molar-refractivity contribution in [3.8, 4) is 0 Å². The van der Waals surface area contributed by atoms with E-state index in [0.29, 0.717) is 28.0 Å². The van der Waals surface area contributed by atoms with Crippen LogP contribution in [0.15, 0.2) is 17.1 Å². The molecule has 0 radical (unpaired) electrons. The third kappa shape index (κ3) is 3.86. The highest BCUT2D eigenvalue weighted by Crippen LogP contribution is 2.33. The van der Waals surface area contributed by atoms with Crippen LogP contribution in [0, 0.1) is 6.92 Å². The van der Waals surface area contributed by atoms with Gasteiger partial charge in [-0.3, -0.25) is 14.4 Å². The van der Waals surface area contributed by atoms with E-state index in [1.807, 2.05) is 26.8 Å². The second kappa shape index (κ2) is 8.40. The zero-order chi connectivity index (χ0) is 23.3. The Morgan fingerprint density at radius 1 is 1.24 bits per heavy atom. The van der Waals surface area contributed by atoms with Gasteiger partial charge >= 0.3 is 0 Å². The molecule has 1 N–H and O–H groups in total. The lowest BCUT2D eigenvalue weighted by Crippen LogP contribution is -2.32. The van der Waals surface area contributed by atoms with E-state index in [-0.39, 0.29) is 36.5 Å². The van der Waals surface area contributed by atoms with Gasteiger partial charge in [0.2, 0.25) is 5.91 Å². The van der Waals surface area contributed by atoms with E-state index < -0.39 is 0 Å². The summed E-state index contributed by atoms with van der Waals surface area (Å²) in [6.07, 6.45) is 7.31. The lowest BCUT2D eigenvalue weighted by Gasteiger charge is -2.20. The van der Waals surface area contributed by atoms with Gasteiger partial charge in [-0.2, -0.15) is 9.61 Å². The van der Waals surface area contributed by atoms with Crippen molar-refractivity contribution in [2.75, 3.05) is 5.32 Å². The molecule has 0 atom stereocenters. The van der Waals surface area contributed by atoms with Gasteiger partial charge in [0, 0.05) is 29.1 Å². The fraction of sp³-hybridized carbons (Fsp3) is 0.522. The average Bonchev–Trinajstić information content (AvgIpc) is 3.49. The molecule has 3 aromatic heterocycles. The summed E-state index contributed by atoms with van der Waals surface area (Å²) in [6.45, 7) is 5.89. The van der Waals surface area contributed by atoms with E-state index in [1.165, 1.54) is 22.3 Å². The molecule has 3 aromatic rings. The van der Waals surface area contributed by atoms with Gasteiger partial charge in [0.1, 0.15) is 17.9 Å². The maximum atomic E-state index is 13.4. The summed E-state index contributed by atoms with van der Waals surface area (Å²) < 4.78 is 3.05. The Morgan fingerprint density at radius 2 is 2.00 bits per heavy atom. The fourth-order valence-electron chi connectivity index (χ4n) is 4.89. The van der Waals surface area contributed by atoms with E-state index in [9.17, 15) is 14.4 Å². The molecule has 0 aromatic carbocycles. The molecule has 10 heteroatoms. The molecule has 1 aliphatic heterocycles. The van der Waals surface area contributed by atoms with E-state index >= 15 is 0 Å². The third-order valence-corrected chi connectivity index (χ3v) is 7.43. The lowest BCUT2D eigenvalue weighted by molar-refractivity contribution is -0.116. The SMILES string of the molecule is Cc1cnc(NC(=O)Cn2c3c(c(=O)n4nc(C5CCCCC5)cc24)CN(C(C)C)C3=O)s1. The number of rotatable bonds is 5. The molecule has 33 heavy (non-hydrogen) atoms. The Hall–Kier alpha value is -3.01. The second-order valence-electron chi connectivity index (χ2n) is 9.24. The highest BCUT2D eigenvalue weighted by Gasteiger charge is 2.36. The minimum atomic E-state index is -0.298. The molecular weight excluding hydrogens is 440 g/mol. The highest BCUT2D eigenvalue weighted by atomic mass is 32.1. The van der Waals surface area contributed by atoms with Crippen LogP contribution in [0.25, 0.3) is 5.65 Å². The minimum Gasteiger partial charge on any atom is -0.330 e. The van der Waals surface area contributed by atoms with Crippen LogP contribution >= 0.6 is 11.3 Å². The summed E-state index contributed by atoms with van der Waals surface area (Å²) in [7, 11) is 0. The number of aromatic nitrogens is 4. The normalized spacial score (nSPS) is 16.7. The standard InChI is InChI=1S/C23H28N6O3S/c1-13(2)27-11-16-20(22(27)32)28(12-18(30)25-23-24-10-14(3)33-23)19-9-17(26-29(19)21(16)31)15-7-5-4-6-8-15/h9-10,13,15H,4-8,11-12H2,1-3H3,(H,24,25,30). The third-order valence-electron chi connectivity index (χ3n) is 6.60. The number of fused-ring (bicyclic) bond motifs is 2. The average molecular weight is 469 g/mol. The first-order valence-corrected chi connectivity index (χ1v) is 12.3. The molecule has 1 fully saturated rings. The summed E-state index contributed by atoms with van der Waals surface area (Å²) in [5.74, 6) is -0.220. The van der Waals surface area contributed by atoms with E-state index in [0.717, 1.165) is 36.3 Å². The molecule has 5 rings (SSSR count). The van der Waals surface area contributed by atoms with Gasteiger partial charge in [0.25, 0.3) is 11.5 Å². The molecule has 0 unspecified atom stereocenters. The van der Waals surface area contributed by atoms with Crippen molar-refractivity contribution in [2.24, 2.45) is 0 Å². The zero-order valence-corrected chi connectivity index (χ0v) is 19.9. The number of carbonyl (C=O) groups is 2. The Kier molecular flexibility index (Phi) is 5.55. The predicted octanol–water partition coefficient (Wildman–Crippen LogP) is 3.31. The van der Waals surface area contributed by atoms with Crippen LogP contribution in [0.5, 0.6) is 0 Å². The summed E-state index contributed by atoms with van der Waals surface area (Å²) in [5.41, 5.74) is 1.78. The molecular formula is C23H28N6O3S. The number of nitrogens with one attached hydrogen (secondary N) is 1. The van der Waals surface area contributed by atoms with E-state index in [1.54, 1.807) is 15.7 Å². The highest BCUT2D eigenvalue weighted by molar-refractivity contribution is 7.15. The van der Waals surface area contributed by atoms with Crippen molar-refractivity contribution >= 4 is 33.9 Å². The summed E-state index contributed by atoms with van der Waals surface area (Å²) in [6, 6.07) is 1.83. The smallest absolute Gasteiger partial charge is 0.280 e. The van der Waals surface area contributed by atoms with Crippen LogP contribution in [0.2, 0.25) is 0 Å². The van der Waals surface area contributed by atoms with Gasteiger partial charge in [0.15, 0.2) is 5.13 Å². The van der Waals surface area contributed by atoms with Gasteiger partial charge < -0.3 is 14.8 Å². The van der Waals surface area contributed by atoms with Crippen molar-refractivity contribution in [1.29, 1.82) is 0 Å². The molecule has 0 bridgehead atoms. The maximum Gasteiger partial charge on any atom is 0.280 e. The molecule has 2 aliphatic rings. The van der Waals surface area contributed by atoms with Crippen LogP contribution in [0.1, 0.15) is 78.5 Å². The Morgan fingerprint density at radius 3 is 2.67 bits per heavy atom. The van der Waals surface area contributed by atoms with Gasteiger partial charge in [0.05, 0.1) is 17.8 Å². The topological polar surface area (TPSA) is 102 Å². The van der Waals surface area contributed by atoms with Gasteiger partial charge in [-0.05, 0) is 33.6 Å². The van der Waals surface area contributed by atoms with Gasteiger partial charge in [-0.25, -0.2) is 4.98 Å². The molecule has 4 heterocycles. The Bertz CT molecular complexity index is 1300. The minimum absolute atomic E-state index is 0.0602. The Balaban J connectivity index is 1.60. The molecule has 0 spiro atoms. The number of thiazole rings is 1. The van der Waals surface area contributed by atoms with Crippen molar-refractivity contribution in [3.63, 3.8) is 0 Å². The fourth-order valence-corrected chi connectivity index (χ4v) is 5.57. The number of anilines is 1. The number of hydrogen-bond acceptors (Lipinski definition) is 6. The largest absolute Gasteiger partial charge is 0.330 e. The van der Waals surface area contributed by atoms with Crippen LogP contribution in [-0.2, 0) is 17.9 Å². The summed E-state index contributed by atoms with van der Waals surface area (Å²) in [5, 5.41) is 8.00. The number of aryl methyl sites for hydroxylation is 1. The maximum absolute atomic E-state index is 13.4. The number of amides is 2. The van der Waals surface area contributed by atoms with Gasteiger partial charge in [-0.1, -0.05) is 19.3 Å². The monoisotopic (exact) mass is 468 g/mol. The quantitative estimate of drug-likeness (QED) is 0.619. The van der Waals surface area contributed by atoms with Crippen LogP contribution in [0.3, 0.4) is 0 Å². The molecule has 1 aliphatic carbocycles. The molecule has 9 nitrogen and oxygen atoms in total. The Labute approximate surface area is 195 Å². The summed E-state index contributed by atoms with van der Waals surface area (Å²) in [4.78, 5) is 46.5. The van der Waals surface area contributed by atoms with Crippen molar-refractivity contribution in [3.05, 3.63) is 44.4 Å². The van der Waals surface area contributed by atoms with Gasteiger partial charge in [-0.15, -0.1) is 11.3 Å². The predicted molar refractivity (Wildman–Crippen MR) is 126 cm³/mol. The second-order valence-corrected chi connectivity index (χ2v) is 10.5. The van der Waals surface area contributed by atoms with Crippen molar-refractivity contribution in [1.82, 2.24) is 24.1 Å². The first-order valence-electron chi connectivity index (χ1n) is 11.5. The first kappa shape index (κ1) is 21.8. The molecule has 1 saturated carbocycles. The van der Waals surface area contributed by atoms with Crippen LogP contribution in [-0.4, -0.2) is 41.9 Å². The first-order chi connectivity index (χ1) is 15.8. The number of carbonyl (C=O) groups excluding carboxylic acids is 2. The molecule has 2 amide bonds. The molecule has 0 saturated heterocycles. The van der Waals surface area contributed by atoms with E-state index in [2.05, 4.69) is 15.4 Å². The lowest BCUT2D eigenvalue weighted by atomic mass is 9.87. The molecule has 174 valence electrons. The van der Waals surface area contributed by atoms with E-state index in [4.69, 9.17) is 0 Å². The number of nitrogens with zero attached hydrogens (tertiary/aromatic N) is 5. The van der Waals surface area contributed by atoms with Crippen molar-refractivity contribution < 1.29 is 9.59 Å². The van der Waals surface area contributed by atoms with Crippen LogP contribution < -0.4 is 10.9 Å².